The molecule has 0 unspecified atom stereocenters. The highest BCUT2D eigenvalue weighted by molar-refractivity contribution is 6.29. The molecule has 100 valence electrons. The van der Waals surface area contributed by atoms with Gasteiger partial charge in [0.15, 0.2) is 0 Å². The van der Waals surface area contributed by atoms with Gasteiger partial charge >= 0.3 is 0 Å². The SMILES string of the molecule is CCCc1nc(Cl)cc(Oc2cc(F)cc(F)c2)n1. The Morgan fingerprint density at radius 3 is 2.42 bits per heavy atom. The average molecular weight is 285 g/mol. The lowest BCUT2D eigenvalue weighted by atomic mass is 10.3. The molecule has 0 saturated carbocycles. The van der Waals surface area contributed by atoms with Gasteiger partial charge in [0.25, 0.3) is 0 Å². The van der Waals surface area contributed by atoms with Crippen molar-refractivity contribution in [1.82, 2.24) is 9.97 Å². The van der Waals surface area contributed by atoms with Gasteiger partial charge in [0.1, 0.15) is 28.4 Å². The molecule has 0 spiro atoms. The summed E-state index contributed by atoms with van der Waals surface area (Å²) in [5, 5.41) is 0.227. The first-order valence-electron chi connectivity index (χ1n) is 5.74. The first-order valence-corrected chi connectivity index (χ1v) is 6.12. The molecule has 0 fully saturated rings. The number of halogens is 3. The molecule has 19 heavy (non-hydrogen) atoms. The van der Waals surface area contributed by atoms with Crippen molar-refractivity contribution >= 4 is 11.6 Å². The van der Waals surface area contributed by atoms with E-state index in [0.29, 0.717) is 12.2 Å². The van der Waals surface area contributed by atoms with Crippen LogP contribution in [-0.4, -0.2) is 9.97 Å². The quantitative estimate of drug-likeness (QED) is 0.791. The van der Waals surface area contributed by atoms with Gasteiger partial charge in [-0.3, -0.25) is 0 Å². The van der Waals surface area contributed by atoms with Gasteiger partial charge in [0.05, 0.1) is 0 Å². The van der Waals surface area contributed by atoms with Crippen LogP contribution in [0.15, 0.2) is 24.3 Å². The predicted molar refractivity (Wildman–Crippen MR) is 67.5 cm³/mol. The molecule has 0 aliphatic heterocycles. The molecule has 2 rings (SSSR count). The fourth-order valence-corrected chi connectivity index (χ4v) is 1.73. The summed E-state index contributed by atoms with van der Waals surface area (Å²) in [4.78, 5) is 8.14. The molecule has 2 aromatic rings. The Bertz CT molecular complexity index is 573. The average Bonchev–Trinajstić information content (AvgIpc) is 2.26. The van der Waals surface area contributed by atoms with Gasteiger partial charge in [-0.2, -0.15) is 4.98 Å². The van der Waals surface area contributed by atoms with Crippen LogP contribution in [0, 0.1) is 11.6 Å². The normalized spacial score (nSPS) is 10.5. The number of ether oxygens (including phenoxy) is 1. The monoisotopic (exact) mass is 284 g/mol. The maximum absolute atomic E-state index is 13.0. The minimum atomic E-state index is -0.719. The van der Waals surface area contributed by atoms with E-state index in [9.17, 15) is 8.78 Å². The van der Waals surface area contributed by atoms with Gasteiger partial charge < -0.3 is 4.74 Å². The number of hydrogen-bond donors (Lipinski definition) is 0. The zero-order valence-electron chi connectivity index (χ0n) is 10.2. The van der Waals surface area contributed by atoms with E-state index < -0.39 is 11.6 Å². The number of nitrogens with zero attached hydrogens (tertiary/aromatic N) is 2. The van der Waals surface area contributed by atoms with E-state index in [-0.39, 0.29) is 16.8 Å². The van der Waals surface area contributed by atoms with E-state index in [1.54, 1.807) is 0 Å². The lowest BCUT2D eigenvalue weighted by molar-refractivity contribution is 0.447. The predicted octanol–water partition coefficient (Wildman–Crippen LogP) is 4.15. The van der Waals surface area contributed by atoms with Crippen molar-refractivity contribution in [3.63, 3.8) is 0 Å². The van der Waals surface area contributed by atoms with Crippen molar-refractivity contribution in [3.8, 4) is 11.6 Å². The third-order valence-electron chi connectivity index (χ3n) is 2.25. The van der Waals surface area contributed by atoms with Crippen molar-refractivity contribution in [2.75, 3.05) is 0 Å². The van der Waals surface area contributed by atoms with Crippen molar-refractivity contribution < 1.29 is 13.5 Å². The van der Waals surface area contributed by atoms with Crippen molar-refractivity contribution in [2.45, 2.75) is 19.8 Å². The minimum absolute atomic E-state index is 0.0229. The standard InChI is InChI=1S/C13H11ClF2N2O/c1-2-3-12-17-11(14)7-13(18-12)19-10-5-8(15)4-9(16)6-10/h4-7H,2-3H2,1H3. The smallest absolute Gasteiger partial charge is 0.224 e. The number of benzene rings is 1. The second kappa shape index (κ2) is 5.93. The van der Waals surface area contributed by atoms with Crippen molar-refractivity contribution in [2.24, 2.45) is 0 Å². The van der Waals surface area contributed by atoms with E-state index >= 15 is 0 Å². The van der Waals surface area contributed by atoms with Crippen LogP contribution < -0.4 is 4.74 Å². The zero-order chi connectivity index (χ0) is 13.8. The van der Waals surface area contributed by atoms with Crippen LogP contribution in [0.2, 0.25) is 5.15 Å². The lowest BCUT2D eigenvalue weighted by Gasteiger charge is -2.07. The highest BCUT2D eigenvalue weighted by Gasteiger charge is 2.07. The molecule has 0 saturated heterocycles. The fourth-order valence-electron chi connectivity index (χ4n) is 1.54. The Morgan fingerprint density at radius 2 is 1.79 bits per heavy atom. The second-order valence-corrected chi connectivity index (χ2v) is 4.29. The molecule has 1 aromatic carbocycles. The summed E-state index contributed by atoms with van der Waals surface area (Å²) < 4.78 is 31.4. The molecule has 0 radical (unpaired) electrons. The van der Waals surface area contributed by atoms with Gasteiger partial charge in [0.2, 0.25) is 5.88 Å². The lowest BCUT2D eigenvalue weighted by Crippen LogP contribution is -1.98. The van der Waals surface area contributed by atoms with Gasteiger partial charge in [-0.05, 0) is 6.42 Å². The number of hydrogen-bond acceptors (Lipinski definition) is 3. The zero-order valence-corrected chi connectivity index (χ0v) is 10.9. The van der Waals surface area contributed by atoms with Crippen LogP contribution in [0.3, 0.4) is 0 Å². The Balaban J connectivity index is 2.27. The van der Waals surface area contributed by atoms with Gasteiger partial charge in [0, 0.05) is 30.7 Å². The summed E-state index contributed by atoms with van der Waals surface area (Å²) in [6, 6.07) is 4.29. The van der Waals surface area contributed by atoms with Crippen molar-refractivity contribution in [3.05, 3.63) is 46.9 Å². The first-order chi connectivity index (χ1) is 9.06. The second-order valence-electron chi connectivity index (χ2n) is 3.90. The van der Waals surface area contributed by atoms with Gasteiger partial charge in [-0.15, -0.1) is 0 Å². The van der Waals surface area contributed by atoms with E-state index in [1.807, 2.05) is 6.92 Å². The number of rotatable bonds is 4. The molecule has 1 heterocycles. The highest BCUT2D eigenvalue weighted by atomic mass is 35.5. The third kappa shape index (κ3) is 3.86. The summed E-state index contributed by atoms with van der Waals surface area (Å²) in [6.07, 6.45) is 1.50. The molecular formula is C13H11ClF2N2O. The molecule has 0 bridgehead atoms. The highest BCUT2D eigenvalue weighted by Crippen LogP contribution is 2.23. The van der Waals surface area contributed by atoms with Crippen LogP contribution in [-0.2, 0) is 6.42 Å². The van der Waals surface area contributed by atoms with E-state index in [0.717, 1.165) is 24.6 Å². The first kappa shape index (κ1) is 13.7. The summed E-state index contributed by atoms with van der Waals surface area (Å²) in [7, 11) is 0. The minimum Gasteiger partial charge on any atom is -0.439 e. The van der Waals surface area contributed by atoms with Gasteiger partial charge in [-0.25, -0.2) is 13.8 Å². The van der Waals surface area contributed by atoms with Crippen molar-refractivity contribution in [1.29, 1.82) is 0 Å². The summed E-state index contributed by atoms with van der Waals surface area (Å²) in [6.45, 7) is 1.98. The number of aromatic nitrogens is 2. The van der Waals surface area contributed by atoms with Crippen LogP contribution in [0.1, 0.15) is 19.2 Å². The molecule has 0 N–H and O–H groups in total. The largest absolute Gasteiger partial charge is 0.439 e. The molecule has 1 aromatic heterocycles. The molecular weight excluding hydrogens is 274 g/mol. The van der Waals surface area contributed by atoms with Gasteiger partial charge in [-0.1, -0.05) is 18.5 Å². The third-order valence-corrected chi connectivity index (χ3v) is 2.44. The topological polar surface area (TPSA) is 35.0 Å². The van der Waals surface area contributed by atoms with E-state index in [1.165, 1.54) is 6.07 Å². The summed E-state index contributed by atoms with van der Waals surface area (Å²) >= 11 is 5.84. The molecule has 0 aliphatic rings. The van der Waals surface area contributed by atoms with E-state index in [4.69, 9.17) is 16.3 Å². The molecule has 3 nitrogen and oxygen atoms in total. The molecule has 0 amide bonds. The Kier molecular flexibility index (Phi) is 4.27. The molecule has 6 heteroatoms. The Morgan fingerprint density at radius 1 is 1.11 bits per heavy atom. The maximum atomic E-state index is 13.0. The Hall–Kier alpha value is -1.75. The summed E-state index contributed by atoms with van der Waals surface area (Å²) in [5.74, 6) is -0.724. The molecule has 0 atom stereocenters. The maximum Gasteiger partial charge on any atom is 0.224 e. The Labute approximate surface area is 114 Å². The summed E-state index contributed by atoms with van der Waals surface area (Å²) in [5.41, 5.74) is 0. The number of aryl methyl sites for hydroxylation is 1. The van der Waals surface area contributed by atoms with Crippen LogP contribution in [0.5, 0.6) is 11.6 Å². The van der Waals surface area contributed by atoms with Crippen LogP contribution in [0.4, 0.5) is 8.78 Å². The van der Waals surface area contributed by atoms with E-state index in [2.05, 4.69) is 9.97 Å². The fraction of sp³-hybridized carbons (Fsp3) is 0.231. The van der Waals surface area contributed by atoms with Crippen LogP contribution in [0.25, 0.3) is 0 Å². The van der Waals surface area contributed by atoms with Crippen LogP contribution >= 0.6 is 11.6 Å². The molecule has 0 aliphatic carbocycles.